The number of rotatable bonds is 3. The molecule has 0 aliphatic heterocycles. The zero-order chi connectivity index (χ0) is 14.9. The van der Waals surface area contributed by atoms with Crippen molar-refractivity contribution in [3.8, 4) is 0 Å². The lowest BCUT2D eigenvalue weighted by atomic mass is 10.0. The van der Waals surface area contributed by atoms with Crippen LogP contribution in [0.4, 0.5) is 17.6 Å². The molecule has 0 fully saturated rings. The molecule has 1 heterocycles. The molecule has 2 rings (SSSR count). The fourth-order valence-corrected chi connectivity index (χ4v) is 2.83. The van der Waals surface area contributed by atoms with Gasteiger partial charge in [-0.1, -0.05) is 0 Å². The fraction of sp³-hybridized carbons (Fsp3) is 0.231. The average Bonchev–Trinajstić information content (AvgIpc) is 2.77. The molecule has 108 valence electrons. The summed E-state index contributed by atoms with van der Waals surface area (Å²) in [5, 5.41) is 0. The molecule has 2 aromatic rings. The first-order chi connectivity index (χ1) is 9.32. The fourth-order valence-electron chi connectivity index (χ4n) is 1.88. The number of nitrogens with two attached hydrogens (primary N) is 1. The van der Waals surface area contributed by atoms with Crippen molar-refractivity contribution in [2.75, 3.05) is 0 Å². The topological polar surface area (TPSA) is 38.0 Å². The Morgan fingerprint density at radius 1 is 1.20 bits per heavy atom. The van der Waals surface area contributed by atoms with Crippen molar-refractivity contribution in [3.63, 3.8) is 0 Å². The maximum absolute atomic E-state index is 13.8. The standard InChI is InChI=1S/C13H12F4N2S/c1-7-2-5-11(20-7)12(19-18)9-6-8(13(15,16)17)3-4-10(9)14/h2-6,12,19H,18H2,1H3. The highest BCUT2D eigenvalue weighted by atomic mass is 32.1. The Morgan fingerprint density at radius 2 is 1.90 bits per heavy atom. The maximum Gasteiger partial charge on any atom is 0.416 e. The number of alkyl halides is 3. The van der Waals surface area contributed by atoms with Gasteiger partial charge in [0.15, 0.2) is 0 Å². The highest BCUT2D eigenvalue weighted by molar-refractivity contribution is 7.12. The second-order valence-electron chi connectivity index (χ2n) is 4.28. The molecule has 0 aliphatic carbocycles. The van der Waals surface area contributed by atoms with Gasteiger partial charge in [-0.25, -0.2) is 9.82 Å². The van der Waals surface area contributed by atoms with E-state index in [1.807, 2.05) is 6.92 Å². The van der Waals surface area contributed by atoms with Crippen LogP contribution in [0.3, 0.4) is 0 Å². The van der Waals surface area contributed by atoms with Crippen molar-refractivity contribution in [2.45, 2.75) is 19.1 Å². The summed E-state index contributed by atoms with van der Waals surface area (Å²) < 4.78 is 51.9. The molecule has 3 N–H and O–H groups in total. The van der Waals surface area contributed by atoms with Crippen LogP contribution in [-0.2, 0) is 6.18 Å². The van der Waals surface area contributed by atoms with Crippen LogP contribution < -0.4 is 11.3 Å². The van der Waals surface area contributed by atoms with Crippen LogP contribution in [0.15, 0.2) is 30.3 Å². The first kappa shape index (κ1) is 15.0. The van der Waals surface area contributed by atoms with E-state index < -0.39 is 23.6 Å². The van der Waals surface area contributed by atoms with Crippen molar-refractivity contribution < 1.29 is 17.6 Å². The second-order valence-corrected chi connectivity index (χ2v) is 5.60. The Bertz CT molecular complexity index is 607. The Hall–Kier alpha value is -1.44. The molecule has 0 saturated carbocycles. The summed E-state index contributed by atoms with van der Waals surface area (Å²) in [4.78, 5) is 1.62. The molecule has 0 saturated heterocycles. The highest BCUT2D eigenvalue weighted by Crippen LogP contribution is 2.34. The van der Waals surface area contributed by atoms with Crippen molar-refractivity contribution >= 4 is 11.3 Å². The minimum absolute atomic E-state index is 0.121. The summed E-state index contributed by atoms with van der Waals surface area (Å²) in [6.07, 6.45) is -4.52. The number of hydrogen-bond acceptors (Lipinski definition) is 3. The van der Waals surface area contributed by atoms with E-state index in [4.69, 9.17) is 5.84 Å². The maximum atomic E-state index is 13.8. The van der Waals surface area contributed by atoms with Gasteiger partial charge in [0, 0.05) is 15.3 Å². The third kappa shape index (κ3) is 3.00. The minimum Gasteiger partial charge on any atom is -0.271 e. The number of thiophene rings is 1. The van der Waals surface area contributed by atoms with Gasteiger partial charge < -0.3 is 0 Å². The molecule has 0 aliphatic rings. The first-order valence-corrected chi connectivity index (χ1v) is 6.53. The SMILES string of the molecule is Cc1ccc(C(NN)c2cc(C(F)(F)F)ccc2F)s1. The van der Waals surface area contributed by atoms with Gasteiger partial charge in [0.1, 0.15) is 5.82 Å². The Labute approximate surface area is 117 Å². The molecular formula is C13H12F4N2S. The van der Waals surface area contributed by atoms with E-state index in [1.54, 1.807) is 12.1 Å². The largest absolute Gasteiger partial charge is 0.416 e. The van der Waals surface area contributed by atoms with E-state index in [0.717, 1.165) is 17.0 Å². The Balaban J connectivity index is 2.49. The van der Waals surface area contributed by atoms with Gasteiger partial charge in [-0.15, -0.1) is 11.3 Å². The second kappa shape index (κ2) is 5.51. The Morgan fingerprint density at radius 3 is 2.40 bits per heavy atom. The van der Waals surface area contributed by atoms with Gasteiger partial charge in [-0.05, 0) is 37.3 Å². The number of hydrazine groups is 1. The number of benzene rings is 1. The van der Waals surface area contributed by atoms with Crippen LogP contribution in [-0.4, -0.2) is 0 Å². The van der Waals surface area contributed by atoms with Crippen LogP contribution in [0.1, 0.15) is 26.9 Å². The average molecular weight is 304 g/mol. The minimum atomic E-state index is -4.52. The zero-order valence-corrected chi connectivity index (χ0v) is 11.3. The van der Waals surface area contributed by atoms with E-state index in [9.17, 15) is 17.6 Å². The van der Waals surface area contributed by atoms with E-state index in [0.29, 0.717) is 10.9 Å². The highest BCUT2D eigenvalue weighted by Gasteiger charge is 2.32. The van der Waals surface area contributed by atoms with Gasteiger partial charge >= 0.3 is 6.18 Å². The van der Waals surface area contributed by atoms with Gasteiger partial charge in [-0.2, -0.15) is 13.2 Å². The van der Waals surface area contributed by atoms with E-state index >= 15 is 0 Å². The van der Waals surface area contributed by atoms with Crippen LogP contribution in [0.5, 0.6) is 0 Å². The number of nitrogens with one attached hydrogen (secondary N) is 1. The summed E-state index contributed by atoms with van der Waals surface area (Å²) in [6, 6.07) is 5.01. The van der Waals surface area contributed by atoms with Crippen molar-refractivity contribution in [1.82, 2.24) is 5.43 Å². The number of aryl methyl sites for hydroxylation is 1. The third-order valence-corrected chi connectivity index (χ3v) is 3.91. The predicted molar refractivity (Wildman–Crippen MR) is 69.6 cm³/mol. The number of halogens is 4. The molecule has 2 nitrogen and oxygen atoms in total. The molecule has 0 amide bonds. The summed E-state index contributed by atoms with van der Waals surface area (Å²) in [5.74, 6) is 4.65. The van der Waals surface area contributed by atoms with Gasteiger partial charge in [0.25, 0.3) is 0 Å². The van der Waals surface area contributed by atoms with E-state index in [-0.39, 0.29) is 5.56 Å². The first-order valence-electron chi connectivity index (χ1n) is 5.72. The monoisotopic (exact) mass is 304 g/mol. The van der Waals surface area contributed by atoms with E-state index in [1.165, 1.54) is 11.3 Å². The molecule has 7 heteroatoms. The van der Waals surface area contributed by atoms with Crippen molar-refractivity contribution in [3.05, 3.63) is 57.0 Å². The summed E-state index contributed by atoms with van der Waals surface area (Å²) in [6.45, 7) is 1.85. The van der Waals surface area contributed by atoms with Crippen LogP contribution in [0, 0.1) is 12.7 Å². The molecule has 1 aromatic heterocycles. The molecule has 20 heavy (non-hydrogen) atoms. The van der Waals surface area contributed by atoms with Gasteiger partial charge in [-0.3, -0.25) is 5.84 Å². The van der Waals surface area contributed by atoms with Gasteiger partial charge in [0.05, 0.1) is 11.6 Å². The molecule has 1 unspecified atom stereocenters. The summed E-state index contributed by atoms with van der Waals surface area (Å²) in [5.41, 5.74) is 1.35. The smallest absolute Gasteiger partial charge is 0.271 e. The summed E-state index contributed by atoms with van der Waals surface area (Å²) >= 11 is 1.35. The van der Waals surface area contributed by atoms with Crippen molar-refractivity contribution in [2.24, 2.45) is 5.84 Å². The summed E-state index contributed by atoms with van der Waals surface area (Å²) in [7, 11) is 0. The molecular weight excluding hydrogens is 292 g/mol. The molecule has 0 bridgehead atoms. The lowest BCUT2D eigenvalue weighted by molar-refractivity contribution is -0.137. The van der Waals surface area contributed by atoms with Crippen LogP contribution in [0.2, 0.25) is 0 Å². The van der Waals surface area contributed by atoms with Crippen molar-refractivity contribution in [1.29, 1.82) is 0 Å². The quantitative estimate of drug-likeness (QED) is 0.515. The lowest BCUT2D eigenvalue weighted by Crippen LogP contribution is -2.29. The zero-order valence-electron chi connectivity index (χ0n) is 10.5. The predicted octanol–water partition coefficient (Wildman–Crippen LogP) is 3.77. The molecule has 1 atom stereocenters. The molecule has 1 aromatic carbocycles. The van der Waals surface area contributed by atoms with E-state index in [2.05, 4.69) is 5.43 Å². The molecule has 0 radical (unpaired) electrons. The Kier molecular flexibility index (Phi) is 4.12. The van der Waals surface area contributed by atoms with Crippen LogP contribution in [0.25, 0.3) is 0 Å². The normalized spacial score (nSPS) is 13.5. The molecule has 0 spiro atoms. The third-order valence-electron chi connectivity index (χ3n) is 2.85. The van der Waals surface area contributed by atoms with Crippen LogP contribution >= 0.6 is 11.3 Å². The van der Waals surface area contributed by atoms with Gasteiger partial charge in [0.2, 0.25) is 0 Å². The lowest BCUT2D eigenvalue weighted by Gasteiger charge is -2.17. The number of hydrogen-bond donors (Lipinski definition) is 2.